The predicted molar refractivity (Wildman–Crippen MR) is 108 cm³/mol. The van der Waals surface area contributed by atoms with Gasteiger partial charge in [0.05, 0.1) is 12.0 Å². The quantitative estimate of drug-likeness (QED) is 0.806. The van der Waals surface area contributed by atoms with Crippen molar-refractivity contribution in [2.45, 2.75) is 43.7 Å². The number of sulfonamides is 1. The molecule has 1 amide bonds. The number of hydrogen-bond donors (Lipinski definition) is 1. The Morgan fingerprint density at radius 2 is 1.79 bits per heavy atom. The first kappa shape index (κ1) is 20.4. The van der Waals surface area contributed by atoms with Crippen LogP contribution in [0.5, 0.6) is 5.75 Å². The summed E-state index contributed by atoms with van der Waals surface area (Å²) < 4.78 is 32.7. The van der Waals surface area contributed by atoms with Gasteiger partial charge in [0.25, 0.3) is 0 Å². The number of ether oxygens (including phenoxy) is 1. The number of carbonyl (C=O) groups excluding carboxylic acids is 1. The van der Waals surface area contributed by atoms with Gasteiger partial charge in [-0.2, -0.15) is 4.31 Å². The number of methoxy groups -OCH3 is 1. The molecule has 1 saturated heterocycles. The van der Waals surface area contributed by atoms with Gasteiger partial charge < -0.3 is 10.1 Å². The molecule has 7 heteroatoms. The second-order valence-corrected chi connectivity index (χ2v) is 8.90. The fourth-order valence-corrected chi connectivity index (χ4v) is 5.01. The van der Waals surface area contributed by atoms with Crippen LogP contribution < -0.4 is 10.1 Å². The van der Waals surface area contributed by atoms with Crippen LogP contribution in [0.15, 0.2) is 53.4 Å². The Hall–Kier alpha value is -2.38. The monoisotopic (exact) mass is 402 g/mol. The van der Waals surface area contributed by atoms with E-state index in [1.54, 1.807) is 31.4 Å². The molecule has 3 rings (SSSR count). The van der Waals surface area contributed by atoms with Crippen molar-refractivity contribution in [2.75, 3.05) is 13.7 Å². The van der Waals surface area contributed by atoms with Gasteiger partial charge in [0.1, 0.15) is 11.8 Å². The number of nitrogens with zero attached hydrogens (tertiary/aromatic N) is 1. The Bertz CT molecular complexity index is 908. The molecule has 1 atom stereocenters. The van der Waals surface area contributed by atoms with E-state index in [0.717, 1.165) is 29.7 Å². The molecule has 1 fully saturated rings. The van der Waals surface area contributed by atoms with Crippen molar-refractivity contribution >= 4 is 15.9 Å². The average Bonchev–Trinajstić information content (AvgIpc) is 2.72. The first-order chi connectivity index (χ1) is 13.4. The Morgan fingerprint density at radius 3 is 2.43 bits per heavy atom. The Labute approximate surface area is 166 Å². The van der Waals surface area contributed by atoms with Gasteiger partial charge in [0, 0.05) is 13.1 Å². The maximum absolute atomic E-state index is 13.1. The molecule has 28 heavy (non-hydrogen) atoms. The summed E-state index contributed by atoms with van der Waals surface area (Å²) in [6.45, 7) is 2.61. The first-order valence-electron chi connectivity index (χ1n) is 9.41. The molecule has 0 radical (unpaired) electrons. The number of nitrogens with one attached hydrogen (secondary N) is 1. The van der Waals surface area contributed by atoms with Crippen molar-refractivity contribution in [3.8, 4) is 5.75 Å². The number of hydrogen-bond acceptors (Lipinski definition) is 4. The molecule has 0 saturated carbocycles. The van der Waals surface area contributed by atoms with Gasteiger partial charge in [0.2, 0.25) is 15.9 Å². The number of piperidine rings is 1. The molecule has 2 aromatic carbocycles. The molecule has 2 aromatic rings. The number of benzene rings is 2. The van der Waals surface area contributed by atoms with Crippen molar-refractivity contribution in [2.24, 2.45) is 0 Å². The number of rotatable bonds is 6. The zero-order valence-corrected chi connectivity index (χ0v) is 17.0. The van der Waals surface area contributed by atoms with Crippen molar-refractivity contribution in [3.63, 3.8) is 0 Å². The lowest BCUT2D eigenvalue weighted by molar-refractivity contribution is -0.125. The minimum Gasteiger partial charge on any atom is -0.497 e. The van der Waals surface area contributed by atoms with Gasteiger partial charge in [-0.3, -0.25) is 4.79 Å². The molecule has 6 nitrogen and oxygen atoms in total. The van der Waals surface area contributed by atoms with E-state index in [2.05, 4.69) is 5.32 Å². The van der Waals surface area contributed by atoms with Crippen LogP contribution in [0, 0.1) is 6.92 Å². The normalized spacial score (nSPS) is 17.9. The molecular formula is C21H26N2O4S. The van der Waals surface area contributed by atoms with Gasteiger partial charge in [-0.25, -0.2) is 8.42 Å². The molecule has 0 spiro atoms. The number of amides is 1. The number of carbonyl (C=O) groups is 1. The molecule has 1 heterocycles. The fraction of sp³-hybridized carbons (Fsp3) is 0.381. The van der Waals surface area contributed by atoms with Gasteiger partial charge in [0.15, 0.2) is 0 Å². The van der Waals surface area contributed by atoms with Gasteiger partial charge in [-0.05, 0) is 49.6 Å². The van der Waals surface area contributed by atoms with Crippen LogP contribution in [0.2, 0.25) is 0 Å². The van der Waals surface area contributed by atoms with Crippen LogP contribution in [-0.2, 0) is 21.4 Å². The van der Waals surface area contributed by atoms with Crippen LogP contribution >= 0.6 is 0 Å². The second-order valence-electron chi connectivity index (χ2n) is 7.01. The summed E-state index contributed by atoms with van der Waals surface area (Å²) >= 11 is 0. The fourth-order valence-electron chi connectivity index (χ4n) is 3.35. The predicted octanol–water partition coefficient (Wildman–Crippen LogP) is 2.86. The van der Waals surface area contributed by atoms with E-state index in [0.29, 0.717) is 19.5 Å². The molecular weight excluding hydrogens is 376 g/mol. The molecule has 0 aliphatic carbocycles. The largest absolute Gasteiger partial charge is 0.497 e. The lowest BCUT2D eigenvalue weighted by atomic mass is 10.0. The Kier molecular flexibility index (Phi) is 6.36. The third-order valence-electron chi connectivity index (χ3n) is 5.01. The lowest BCUT2D eigenvalue weighted by Gasteiger charge is -2.33. The topological polar surface area (TPSA) is 75.7 Å². The van der Waals surface area contributed by atoms with Crippen LogP contribution in [0.1, 0.15) is 30.4 Å². The van der Waals surface area contributed by atoms with Gasteiger partial charge in [-0.15, -0.1) is 0 Å². The van der Waals surface area contributed by atoms with E-state index < -0.39 is 16.1 Å². The highest BCUT2D eigenvalue weighted by Gasteiger charge is 2.37. The van der Waals surface area contributed by atoms with Crippen LogP contribution in [0.25, 0.3) is 0 Å². The Morgan fingerprint density at radius 1 is 1.11 bits per heavy atom. The van der Waals surface area contributed by atoms with E-state index in [9.17, 15) is 13.2 Å². The molecule has 0 unspecified atom stereocenters. The smallest absolute Gasteiger partial charge is 0.243 e. The summed E-state index contributed by atoms with van der Waals surface area (Å²) in [4.78, 5) is 13.0. The highest BCUT2D eigenvalue weighted by Crippen LogP contribution is 2.26. The van der Waals surface area contributed by atoms with E-state index in [1.807, 2.05) is 31.2 Å². The minimum absolute atomic E-state index is 0.230. The highest BCUT2D eigenvalue weighted by atomic mass is 32.2. The lowest BCUT2D eigenvalue weighted by Crippen LogP contribution is -2.51. The standard InChI is InChI=1S/C21H26N2O4S/c1-16-6-12-19(13-7-16)28(25,26)23-14-4-3-5-20(23)21(24)22-15-17-8-10-18(27-2)11-9-17/h6-13,20H,3-5,14-15H2,1-2H3,(H,22,24)/t20-/m1/s1. The van der Waals surface area contributed by atoms with E-state index in [4.69, 9.17) is 4.74 Å². The van der Waals surface area contributed by atoms with E-state index in [1.165, 1.54) is 4.31 Å². The summed E-state index contributed by atoms with van der Waals surface area (Å²) in [5.41, 5.74) is 1.92. The van der Waals surface area contributed by atoms with Crippen molar-refractivity contribution in [3.05, 3.63) is 59.7 Å². The van der Waals surface area contributed by atoms with Crippen molar-refractivity contribution < 1.29 is 17.9 Å². The minimum atomic E-state index is -3.71. The maximum atomic E-state index is 13.1. The zero-order valence-electron chi connectivity index (χ0n) is 16.2. The summed E-state index contributed by atoms with van der Waals surface area (Å²) in [5.74, 6) is 0.490. The summed E-state index contributed by atoms with van der Waals surface area (Å²) in [6.07, 6.45) is 2.12. The average molecular weight is 403 g/mol. The molecule has 150 valence electrons. The summed E-state index contributed by atoms with van der Waals surface area (Å²) in [5, 5.41) is 2.88. The third-order valence-corrected chi connectivity index (χ3v) is 6.93. The van der Waals surface area contributed by atoms with Gasteiger partial charge in [-0.1, -0.05) is 36.2 Å². The van der Waals surface area contributed by atoms with Crippen molar-refractivity contribution in [1.82, 2.24) is 9.62 Å². The van der Waals surface area contributed by atoms with Gasteiger partial charge >= 0.3 is 0 Å². The van der Waals surface area contributed by atoms with Crippen molar-refractivity contribution in [1.29, 1.82) is 0 Å². The van der Waals surface area contributed by atoms with Crippen LogP contribution in [0.4, 0.5) is 0 Å². The highest BCUT2D eigenvalue weighted by molar-refractivity contribution is 7.89. The number of aryl methyl sites for hydroxylation is 1. The van der Waals surface area contributed by atoms with E-state index >= 15 is 0 Å². The van der Waals surface area contributed by atoms with Crippen LogP contribution in [-0.4, -0.2) is 38.3 Å². The molecule has 1 aliphatic heterocycles. The SMILES string of the molecule is COc1ccc(CNC(=O)[C@H]2CCCCN2S(=O)(=O)c2ccc(C)cc2)cc1. The van der Waals surface area contributed by atoms with Crippen LogP contribution in [0.3, 0.4) is 0 Å². The zero-order chi connectivity index (χ0) is 20.1. The molecule has 0 bridgehead atoms. The summed E-state index contributed by atoms with van der Waals surface area (Å²) in [7, 11) is -2.11. The summed E-state index contributed by atoms with van der Waals surface area (Å²) in [6, 6.07) is 13.5. The second kappa shape index (κ2) is 8.75. The maximum Gasteiger partial charge on any atom is 0.243 e. The molecule has 0 aromatic heterocycles. The van der Waals surface area contributed by atoms with E-state index in [-0.39, 0.29) is 10.8 Å². The molecule has 1 N–H and O–H groups in total. The Balaban J connectivity index is 1.72. The molecule has 1 aliphatic rings. The first-order valence-corrected chi connectivity index (χ1v) is 10.8. The third kappa shape index (κ3) is 4.54.